The van der Waals surface area contributed by atoms with Gasteiger partial charge in [-0.1, -0.05) is 11.3 Å². The third-order valence-electron chi connectivity index (χ3n) is 6.43. The first kappa shape index (κ1) is 23.1. The molecule has 1 atom stereocenters. The van der Waals surface area contributed by atoms with Crippen LogP contribution in [0.5, 0.6) is 5.75 Å². The van der Waals surface area contributed by atoms with Gasteiger partial charge >= 0.3 is 0 Å². The first-order valence-corrected chi connectivity index (χ1v) is 12.4. The van der Waals surface area contributed by atoms with Crippen LogP contribution in [0.15, 0.2) is 36.4 Å². The number of nitrogens with zero attached hydrogens (tertiary/aromatic N) is 4. The number of fused-ring (bicyclic) bond motifs is 4. The number of benzene rings is 2. The Labute approximate surface area is 207 Å². The van der Waals surface area contributed by atoms with Gasteiger partial charge in [0.1, 0.15) is 18.3 Å². The van der Waals surface area contributed by atoms with Gasteiger partial charge in [-0.25, -0.2) is 4.98 Å². The monoisotopic (exact) mass is 493 g/mol. The average Bonchev–Trinajstić information content (AvgIpc) is 3.26. The first-order valence-electron chi connectivity index (χ1n) is 11.5. The van der Waals surface area contributed by atoms with E-state index >= 15 is 0 Å². The van der Waals surface area contributed by atoms with E-state index in [1.807, 2.05) is 24.3 Å². The van der Waals surface area contributed by atoms with Gasteiger partial charge in [0.25, 0.3) is 5.91 Å². The summed E-state index contributed by atoms with van der Waals surface area (Å²) in [6.45, 7) is 0.620. The van der Waals surface area contributed by atoms with Crippen molar-refractivity contribution in [2.45, 2.75) is 25.3 Å². The van der Waals surface area contributed by atoms with Gasteiger partial charge in [-0.3, -0.25) is 19.3 Å². The number of hydrogen-bond acceptors (Lipinski definition) is 7. The summed E-state index contributed by atoms with van der Waals surface area (Å²) in [5, 5.41) is 3.30. The third-order valence-corrected chi connectivity index (χ3v) is 7.36. The van der Waals surface area contributed by atoms with Crippen molar-refractivity contribution in [2.24, 2.45) is 0 Å². The molecule has 1 N–H and O–H groups in total. The van der Waals surface area contributed by atoms with Crippen molar-refractivity contribution < 1.29 is 19.1 Å². The van der Waals surface area contributed by atoms with Crippen LogP contribution in [0.4, 0.5) is 16.5 Å². The third kappa shape index (κ3) is 4.29. The highest BCUT2D eigenvalue weighted by molar-refractivity contribution is 7.22. The van der Waals surface area contributed by atoms with Crippen molar-refractivity contribution in [2.75, 3.05) is 49.4 Å². The minimum Gasteiger partial charge on any atom is -0.497 e. The number of anilines is 3. The molecular formula is C25H27N5O4S. The lowest BCUT2D eigenvalue weighted by atomic mass is 9.95. The Bertz CT molecular complexity index is 1320. The molecule has 2 aliphatic rings. The van der Waals surface area contributed by atoms with Gasteiger partial charge in [0.15, 0.2) is 5.13 Å². The van der Waals surface area contributed by atoms with Crippen molar-refractivity contribution >= 4 is 55.8 Å². The Hall–Kier alpha value is -3.66. The average molecular weight is 494 g/mol. The zero-order valence-electron chi connectivity index (χ0n) is 19.9. The molecule has 0 spiro atoms. The van der Waals surface area contributed by atoms with Crippen LogP contribution in [0, 0.1) is 0 Å². The number of carbonyl (C=O) groups is 3. The molecule has 0 bridgehead atoms. The maximum absolute atomic E-state index is 13.5. The molecule has 0 saturated carbocycles. The van der Waals surface area contributed by atoms with Crippen LogP contribution in [-0.4, -0.2) is 67.9 Å². The number of amides is 3. The summed E-state index contributed by atoms with van der Waals surface area (Å²) >= 11 is 1.35. The summed E-state index contributed by atoms with van der Waals surface area (Å²) in [7, 11) is 4.97. The van der Waals surface area contributed by atoms with Crippen molar-refractivity contribution in [1.82, 2.24) is 9.88 Å². The number of hydrogen-bond donors (Lipinski definition) is 1. The summed E-state index contributed by atoms with van der Waals surface area (Å²) in [6.07, 6.45) is 2.72. The summed E-state index contributed by atoms with van der Waals surface area (Å²) in [6, 6.07) is 10.6. The predicted molar refractivity (Wildman–Crippen MR) is 137 cm³/mol. The van der Waals surface area contributed by atoms with E-state index < -0.39 is 0 Å². The molecule has 35 heavy (non-hydrogen) atoms. The lowest BCUT2D eigenvalue weighted by Crippen LogP contribution is -2.56. The highest BCUT2D eigenvalue weighted by atomic mass is 32.1. The number of nitrogens with one attached hydrogen (secondary N) is 1. The van der Waals surface area contributed by atoms with Gasteiger partial charge < -0.3 is 19.9 Å². The zero-order chi connectivity index (χ0) is 24.7. The van der Waals surface area contributed by atoms with Crippen LogP contribution in [0.2, 0.25) is 0 Å². The Morgan fingerprint density at radius 2 is 2.00 bits per heavy atom. The van der Waals surface area contributed by atoms with Gasteiger partial charge in [0, 0.05) is 26.2 Å². The lowest BCUT2D eigenvalue weighted by molar-refractivity contribution is -0.123. The maximum atomic E-state index is 13.5. The molecule has 1 saturated heterocycles. The molecule has 9 nitrogen and oxygen atoms in total. The number of piperidine rings is 1. The van der Waals surface area contributed by atoms with E-state index in [1.165, 1.54) is 21.1 Å². The van der Waals surface area contributed by atoms with E-state index in [-0.39, 0.29) is 30.3 Å². The quantitative estimate of drug-likeness (QED) is 0.586. The lowest BCUT2D eigenvalue weighted by Gasteiger charge is -2.45. The number of rotatable bonds is 5. The van der Waals surface area contributed by atoms with Crippen LogP contribution in [0.25, 0.3) is 10.2 Å². The van der Waals surface area contributed by atoms with Crippen LogP contribution in [0.1, 0.15) is 29.6 Å². The van der Waals surface area contributed by atoms with Crippen LogP contribution in [-0.2, 0) is 9.59 Å². The second-order valence-electron chi connectivity index (χ2n) is 8.93. The molecule has 0 aliphatic carbocycles. The van der Waals surface area contributed by atoms with Gasteiger partial charge in [-0.05, 0) is 55.7 Å². The Kier molecular flexibility index (Phi) is 6.06. The zero-order valence-corrected chi connectivity index (χ0v) is 20.7. The summed E-state index contributed by atoms with van der Waals surface area (Å²) < 4.78 is 6.15. The molecule has 3 amide bonds. The molecule has 10 heteroatoms. The van der Waals surface area contributed by atoms with Gasteiger partial charge in [0.05, 0.1) is 28.7 Å². The predicted octanol–water partition coefficient (Wildman–Crippen LogP) is 3.35. The molecule has 1 unspecified atom stereocenters. The van der Waals surface area contributed by atoms with Crippen LogP contribution < -0.4 is 19.9 Å². The molecule has 2 aliphatic heterocycles. The molecule has 0 radical (unpaired) electrons. The summed E-state index contributed by atoms with van der Waals surface area (Å²) in [5.41, 5.74) is 2.70. The van der Waals surface area contributed by atoms with Crippen molar-refractivity contribution in [1.29, 1.82) is 0 Å². The number of methoxy groups -OCH3 is 1. The van der Waals surface area contributed by atoms with E-state index in [0.29, 0.717) is 16.4 Å². The van der Waals surface area contributed by atoms with Crippen molar-refractivity contribution in [3.05, 3.63) is 42.0 Å². The Balaban J connectivity index is 1.44. The molecular weight excluding hydrogens is 466 g/mol. The fourth-order valence-corrected chi connectivity index (χ4v) is 5.61. The van der Waals surface area contributed by atoms with Gasteiger partial charge in [-0.2, -0.15) is 0 Å². The van der Waals surface area contributed by atoms with Crippen LogP contribution >= 0.6 is 11.3 Å². The highest BCUT2D eigenvalue weighted by Crippen LogP contribution is 2.40. The minimum absolute atomic E-state index is 0.115. The highest BCUT2D eigenvalue weighted by Gasteiger charge is 2.40. The number of ether oxygens (including phenoxy) is 1. The van der Waals surface area contributed by atoms with Gasteiger partial charge in [-0.15, -0.1) is 0 Å². The Morgan fingerprint density at radius 1 is 1.17 bits per heavy atom. The largest absolute Gasteiger partial charge is 0.497 e. The normalized spacial score (nSPS) is 17.1. The fraction of sp³-hybridized carbons (Fsp3) is 0.360. The first-order chi connectivity index (χ1) is 16.9. The van der Waals surface area contributed by atoms with E-state index in [2.05, 4.69) is 15.2 Å². The topological polar surface area (TPSA) is 95.1 Å². The van der Waals surface area contributed by atoms with Crippen LogP contribution in [0.3, 0.4) is 0 Å². The van der Waals surface area contributed by atoms with Crippen molar-refractivity contribution in [3.8, 4) is 5.75 Å². The second-order valence-corrected chi connectivity index (χ2v) is 9.96. The molecule has 3 aromatic rings. The Morgan fingerprint density at radius 3 is 2.77 bits per heavy atom. The molecule has 182 valence electrons. The smallest absolute Gasteiger partial charge is 0.253 e. The van der Waals surface area contributed by atoms with E-state index in [0.717, 1.165) is 47.5 Å². The number of thiazole rings is 1. The summed E-state index contributed by atoms with van der Waals surface area (Å²) in [5.74, 6) is 0.102. The number of aromatic nitrogens is 1. The van der Waals surface area contributed by atoms with Crippen molar-refractivity contribution in [3.63, 3.8) is 0 Å². The maximum Gasteiger partial charge on any atom is 0.253 e. The molecule has 5 rings (SSSR count). The molecule has 1 fully saturated rings. The standard InChI is InChI=1S/C25H27N5O4S/c1-28(2)23(32)15-7-10-18-20(12-15)30(24(33)19-6-4-5-11-29(18)19)14-22(31)27-25-26-17-9-8-16(34-3)13-21(17)35-25/h7-10,12-13,19H,4-6,11,14H2,1-3H3,(H,26,27,31). The van der Waals surface area contributed by atoms with E-state index in [1.54, 1.807) is 33.3 Å². The minimum atomic E-state index is -0.344. The van der Waals surface area contributed by atoms with E-state index in [9.17, 15) is 14.4 Å². The fourth-order valence-electron chi connectivity index (χ4n) is 4.70. The van der Waals surface area contributed by atoms with E-state index in [4.69, 9.17) is 4.74 Å². The second kappa shape index (κ2) is 9.18. The molecule has 2 aromatic carbocycles. The number of carbonyl (C=O) groups excluding carboxylic acids is 3. The molecule has 1 aromatic heterocycles. The molecule has 3 heterocycles. The summed E-state index contributed by atoms with van der Waals surface area (Å²) in [4.78, 5) is 48.8. The van der Waals surface area contributed by atoms with Gasteiger partial charge in [0.2, 0.25) is 11.8 Å². The SMILES string of the molecule is COc1ccc2nc(NC(=O)CN3C(=O)C4CCCCN4c4ccc(C(=O)N(C)C)cc43)sc2c1.